The Morgan fingerprint density at radius 1 is 0.350 bits per heavy atom. The van der Waals surface area contributed by atoms with Gasteiger partial charge in [0.1, 0.15) is 11.6 Å². The summed E-state index contributed by atoms with van der Waals surface area (Å²) >= 11 is 0. The number of nitrogens with one attached hydrogen (secondary N) is 2. The third-order valence-corrected chi connectivity index (χ3v) is 16.2. The molecule has 24 heteroatoms. The lowest BCUT2D eigenvalue weighted by atomic mass is 9.94. The second-order valence-electron chi connectivity index (χ2n) is 18.8. The van der Waals surface area contributed by atoms with Crippen LogP contribution < -0.4 is 10.6 Å². The van der Waals surface area contributed by atoms with Crippen LogP contribution in [0.15, 0.2) is 0 Å². The quantitative estimate of drug-likeness (QED) is 0.0244. The van der Waals surface area contributed by atoms with Gasteiger partial charge in [0, 0.05) is 58.0 Å². The van der Waals surface area contributed by atoms with E-state index >= 15 is 0 Å². The molecular weight excluding hydrogens is 1150 g/mol. The van der Waals surface area contributed by atoms with Crippen LogP contribution in [0, 0.1) is 17.8 Å². The third kappa shape index (κ3) is 70.4. The van der Waals surface area contributed by atoms with Crippen LogP contribution in [-0.4, -0.2) is 171 Å². The number of Topliss-reactive ketones (excluding diaryl/α,β-unsaturated/α-hetero) is 2. The predicted octanol–water partition coefficient (Wildman–Crippen LogP) is 12.4. The van der Waals surface area contributed by atoms with Crippen LogP contribution in [0.25, 0.3) is 0 Å². The van der Waals surface area contributed by atoms with Gasteiger partial charge in [0.15, 0.2) is 0 Å². The van der Waals surface area contributed by atoms with Crippen molar-refractivity contribution >= 4 is 112 Å². The first kappa shape index (κ1) is 84.6. The van der Waals surface area contributed by atoms with Gasteiger partial charge >= 0.3 is 23.9 Å². The van der Waals surface area contributed by atoms with Crippen LogP contribution in [0.2, 0.25) is 0 Å². The summed E-state index contributed by atoms with van der Waals surface area (Å²) in [7, 11) is 10.6. The molecule has 0 aliphatic heterocycles. The van der Waals surface area contributed by atoms with Gasteiger partial charge in [0.25, 0.3) is 0 Å². The number of hydrogen-bond donors (Lipinski definition) is 6. The Kier molecular flexibility index (Phi) is 71.7. The van der Waals surface area contributed by atoms with E-state index in [-0.39, 0.29) is 108 Å². The van der Waals surface area contributed by atoms with E-state index in [2.05, 4.69) is 48.2 Å². The Balaban J connectivity index is -0.00000217. The molecule has 0 aromatic rings. The fourth-order valence-corrected chi connectivity index (χ4v) is 7.38. The molecule has 80 heavy (non-hydrogen) atoms. The van der Waals surface area contributed by atoms with E-state index in [0.29, 0.717) is 58.7 Å². The number of unbranched alkanes of at least 4 members (excludes halogenated alkanes) is 16. The Bertz CT molecular complexity index is 1490. The van der Waals surface area contributed by atoms with Gasteiger partial charge < -0.3 is 50.0 Å². The second-order valence-corrected chi connectivity index (χ2v) is 26.8. The van der Waals surface area contributed by atoms with Crippen molar-refractivity contribution in [3.63, 3.8) is 0 Å². The fraction of sp³-hybridized carbons (Fsp3) is 0.857. The van der Waals surface area contributed by atoms with Crippen molar-refractivity contribution in [1.29, 1.82) is 0 Å². The lowest BCUT2D eigenvalue weighted by molar-refractivity contribution is -0.145. The second kappa shape index (κ2) is 67.9. The SMILES string of the molecule is CSSC.CSSC.CSSC.C[C@@H](CCCCNC(=O)CC[C@H](CC(=O)CCOCCOCCOCCOCCNC(=O)CC[C@H](CC(=O)CCCCCCCCCCCCCCCCCCC(=O)O)C(=O)O)C(=O)O)C(=O)O. The summed E-state index contributed by atoms with van der Waals surface area (Å²) < 4.78 is 21.8. The first-order valence-electron chi connectivity index (χ1n) is 28.5. The van der Waals surface area contributed by atoms with Gasteiger partial charge in [-0.15, -0.1) is 0 Å². The number of rotatable bonds is 55. The maximum atomic E-state index is 12.5. The summed E-state index contributed by atoms with van der Waals surface area (Å²) in [6.07, 6.45) is 32.7. The minimum absolute atomic E-state index is 0.00653. The average molecular weight is 1260 g/mol. The van der Waals surface area contributed by atoms with E-state index in [9.17, 15) is 48.6 Å². The van der Waals surface area contributed by atoms with Crippen molar-refractivity contribution in [1.82, 2.24) is 10.6 Å². The Morgan fingerprint density at radius 3 is 1.02 bits per heavy atom. The number of carbonyl (C=O) groups excluding carboxylic acids is 4. The molecule has 3 atom stereocenters. The van der Waals surface area contributed by atoms with Crippen LogP contribution in [0.1, 0.15) is 187 Å². The van der Waals surface area contributed by atoms with Gasteiger partial charge in [-0.1, -0.05) is 168 Å². The molecular formula is C56H106N2O16S6. The molecule has 0 aliphatic rings. The van der Waals surface area contributed by atoms with Crippen molar-refractivity contribution in [3.05, 3.63) is 0 Å². The number of carboxylic acid groups (broad SMARTS) is 4. The maximum Gasteiger partial charge on any atom is 0.306 e. The molecule has 472 valence electrons. The molecule has 0 rings (SSSR count). The van der Waals surface area contributed by atoms with E-state index in [1.165, 1.54) is 57.8 Å². The highest BCUT2D eigenvalue weighted by molar-refractivity contribution is 8.76. The number of carboxylic acids is 4. The van der Waals surface area contributed by atoms with Crippen molar-refractivity contribution in [2.24, 2.45) is 17.8 Å². The van der Waals surface area contributed by atoms with E-state index in [0.717, 1.165) is 44.9 Å². The maximum absolute atomic E-state index is 12.5. The largest absolute Gasteiger partial charge is 0.481 e. The topological polar surface area (TPSA) is 278 Å². The number of ether oxygens (including phenoxy) is 4. The van der Waals surface area contributed by atoms with Gasteiger partial charge in [-0.2, -0.15) is 0 Å². The van der Waals surface area contributed by atoms with Crippen LogP contribution in [0.5, 0.6) is 0 Å². The van der Waals surface area contributed by atoms with Crippen molar-refractivity contribution in [3.8, 4) is 0 Å². The van der Waals surface area contributed by atoms with Crippen LogP contribution in [0.3, 0.4) is 0 Å². The van der Waals surface area contributed by atoms with Crippen LogP contribution >= 0.6 is 64.8 Å². The number of carbonyl (C=O) groups is 8. The summed E-state index contributed by atoms with van der Waals surface area (Å²) in [5, 5.41) is 42.1. The molecule has 0 aromatic heterocycles. The summed E-state index contributed by atoms with van der Waals surface area (Å²) in [6.45, 7) is 4.37. The molecule has 0 bridgehead atoms. The monoisotopic (exact) mass is 1250 g/mol. The molecule has 0 aromatic carbocycles. The van der Waals surface area contributed by atoms with Gasteiger partial charge in [-0.25, -0.2) is 0 Å². The lowest BCUT2D eigenvalue weighted by Crippen LogP contribution is -2.29. The smallest absolute Gasteiger partial charge is 0.306 e. The normalized spacial score (nSPS) is 11.8. The molecule has 0 fully saturated rings. The molecule has 0 saturated carbocycles. The van der Waals surface area contributed by atoms with Crippen molar-refractivity contribution < 1.29 is 77.7 Å². The minimum Gasteiger partial charge on any atom is -0.481 e. The number of amides is 2. The Hall–Kier alpha value is -1.90. The lowest BCUT2D eigenvalue weighted by Gasteiger charge is -2.12. The van der Waals surface area contributed by atoms with Gasteiger partial charge in [0.2, 0.25) is 11.8 Å². The van der Waals surface area contributed by atoms with Crippen LogP contribution in [0.4, 0.5) is 0 Å². The summed E-state index contributed by atoms with van der Waals surface area (Å²) in [5.74, 6) is -7.04. The molecule has 18 nitrogen and oxygen atoms in total. The third-order valence-electron chi connectivity index (χ3n) is 12.2. The highest BCUT2D eigenvalue weighted by Crippen LogP contribution is 2.18. The standard InChI is InChI=1S/C50H88N2O16.3C2H6S2/c1-40(48(59)60)20-18-19-28-51-45(55)25-23-42(50(63)64)39-44(54)27-30-65-32-34-67-36-37-68-35-33-66-31-29-52-46(56)26-24-41(49(61)62)38-43(53)21-16-14-12-10-8-6-4-2-3-5-7-9-11-13-15-17-22-47(57)58;3*1-3-4-2/h40-42H,2-39H2,1H3,(H,51,55)(H,52,56)(H,57,58)(H,59,60)(H,61,62)(H,63,64);3*1-2H3/t40-,41+,42+;;;/m0.../s1. The molecule has 6 N–H and O–H groups in total. The summed E-state index contributed by atoms with van der Waals surface area (Å²) in [4.78, 5) is 93.9. The Morgan fingerprint density at radius 2 is 0.675 bits per heavy atom. The number of hydrogen-bond acceptors (Lipinski definition) is 18. The van der Waals surface area contributed by atoms with Gasteiger partial charge in [-0.3, -0.25) is 38.4 Å². The van der Waals surface area contributed by atoms with E-state index in [1.807, 2.05) is 0 Å². The molecule has 0 saturated heterocycles. The van der Waals surface area contributed by atoms with Crippen LogP contribution in [-0.2, 0) is 57.3 Å². The van der Waals surface area contributed by atoms with Gasteiger partial charge in [0.05, 0.1) is 70.6 Å². The first-order chi connectivity index (χ1) is 38.5. The van der Waals surface area contributed by atoms with Crippen molar-refractivity contribution in [2.45, 2.75) is 187 Å². The minimum atomic E-state index is -1.14. The summed E-state index contributed by atoms with van der Waals surface area (Å²) in [6, 6.07) is 0. The molecule has 0 unspecified atom stereocenters. The zero-order valence-corrected chi connectivity index (χ0v) is 54.6. The average Bonchev–Trinajstić information content (AvgIpc) is 3.43. The van der Waals surface area contributed by atoms with E-state index in [4.69, 9.17) is 29.2 Å². The summed E-state index contributed by atoms with van der Waals surface area (Å²) in [5.41, 5.74) is 0. The molecule has 2 amide bonds. The number of aliphatic carboxylic acids is 4. The first-order valence-corrected chi connectivity index (χ1v) is 37.4. The number of ketones is 2. The highest BCUT2D eigenvalue weighted by Gasteiger charge is 2.23. The van der Waals surface area contributed by atoms with E-state index < -0.39 is 41.6 Å². The zero-order valence-electron chi connectivity index (χ0n) is 49.7. The van der Waals surface area contributed by atoms with Gasteiger partial charge in [-0.05, 0) is 76.1 Å². The van der Waals surface area contributed by atoms with E-state index in [1.54, 1.807) is 71.7 Å². The Labute approximate surface area is 505 Å². The highest BCUT2D eigenvalue weighted by atomic mass is 33.1. The zero-order chi connectivity index (χ0) is 60.7. The fourth-order valence-electron chi connectivity index (χ4n) is 7.38. The van der Waals surface area contributed by atoms with Crippen molar-refractivity contribution in [2.75, 3.05) is 103 Å². The molecule has 0 heterocycles. The molecule has 0 aliphatic carbocycles. The molecule has 0 spiro atoms. The predicted molar refractivity (Wildman–Crippen MR) is 336 cm³/mol. The molecule has 0 radical (unpaired) electrons.